The Morgan fingerprint density at radius 1 is 1.12 bits per heavy atom. The van der Waals surface area contributed by atoms with Crippen LogP contribution in [0.5, 0.6) is 0 Å². The lowest BCUT2D eigenvalue weighted by Gasteiger charge is -2.47. The van der Waals surface area contributed by atoms with Crippen molar-refractivity contribution in [1.82, 2.24) is 9.80 Å². The van der Waals surface area contributed by atoms with E-state index in [1.807, 2.05) is 0 Å². The van der Waals surface area contributed by atoms with E-state index in [1.54, 1.807) is 5.57 Å². The summed E-state index contributed by atoms with van der Waals surface area (Å²) in [5, 5.41) is 0. The maximum absolute atomic E-state index is 12.5. The maximum Gasteiger partial charge on any atom is 0.222 e. The number of hydrogen-bond acceptors (Lipinski definition) is 2. The maximum atomic E-state index is 12.5. The fourth-order valence-electron chi connectivity index (χ4n) is 4.96. The topological polar surface area (TPSA) is 40.6 Å². The van der Waals surface area contributed by atoms with Gasteiger partial charge in [-0.15, -0.1) is 0 Å². The van der Waals surface area contributed by atoms with E-state index in [0.29, 0.717) is 36.1 Å². The second kappa shape index (κ2) is 7.51. The number of hydrogen-bond donors (Lipinski definition) is 0. The molecule has 0 aromatic rings. The number of carbonyl (C=O) groups is 2. The fraction of sp³-hybridized carbons (Fsp3) is 0.810. The number of fused-ring (bicyclic) bond motifs is 1. The molecule has 0 unspecified atom stereocenters. The average Bonchev–Trinajstić information content (AvgIpc) is 3.45. The highest BCUT2D eigenvalue weighted by Crippen LogP contribution is 2.35. The van der Waals surface area contributed by atoms with Crippen LogP contribution in [-0.4, -0.2) is 47.3 Å². The van der Waals surface area contributed by atoms with Gasteiger partial charge in [-0.25, -0.2) is 0 Å². The Morgan fingerprint density at radius 2 is 2.00 bits per heavy atom. The third-order valence-corrected chi connectivity index (χ3v) is 6.72. The second-order valence-electron chi connectivity index (χ2n) is 8.59. The average molecular weight is 344 g/mol. The summed E-state index contributed by atoms with van der Waals surface area (Å²) in [6.07, 6.45) is 14.4. The third-order valence-electron chi connectivity index (χ3n) is 6.72. The first kappa shape index (κ1) is 17.1. The SMILES string of the molecule is O=C(CC1CC1)N1CC[C@H]2[C@H](CCC(=O)N2CCC2=CCCCC2)C1. The molecule has 0 N–H and O–H groups in total. The predicted octanol–water partition coefficient (Wildman–Crippen LogP) is 3.52. The van der Waals surface area contributed by atoms with Gasteiger partial charge < -0.3 is 9.80 Å². The molecule has 2 aliphatic heterocycles. The first-order valence-corrected chi connectivity index (χ1v) is 10.5. The van der Waals surface area contributed by atoms with Crippen molar-refractivity contribution < 1.29 is 9.59 Å². The van der Waals surface area contributed by atoms with Crippen molar-refractivity contribution in [2.75, 3.05) is 19.6 Å². The van der Waals surface area contributed by atoms with Crippen LogP contribution in [0.15, 0.2) is 11.6 Å². The van der Waals surface area contributed by atoms with Crippen LogP contribution in [0, 0.1) is 11.8 Å². The van der Waals surface area contributed by atoms with E-state index in [9.17, 15) is 9.59 Å². The molecule has 2 aliphatic carbocycles. The lowest BCUT2D eigenvalue weighted by molar-refractivity contribution is -0.144. The Balaban J connectivity index is 1.34. The van der Waals surface area contributed by atoms with Crippen molar-refractivity contribution in [2.24, 2.45) is 11.8 Å². The molecule has 2 atom stereocenters. The van der Waals surface area contributed by atoms with Gasteiger partial charge in [-0.2, -0.15) is 0 Å². The molecule has 4 rings (SSSR count). The molecular weight excluding hydrogens is 312 g/mol. The highest BCUT2D eigenvalue weighted by Gasteiger charge is 2.40. The van der Waals surface area contributed by atoms with Crippen molar-refractivity contribution in [3.05, 3.63) is 11.6 Å². The van der Waals surface area contributed by atoms with Gasteiger partial charge in [0.1, 0.15) is 0 Å². The summed E-state index contributed by atoms with van der Waals surface area (Å²) in [6.45, 7) is 2.61. The number of carbonyl (C=O) groups excluding carboxylic acids is 2. The summed E-state index contributed by atoms with van der Waals surface area (Å²) in [5.41, 5.74) is 1.55. The fourth-order valence-corrected chi connectivity index (χ4v) is 4.96. The summed E-state index contributed by atoms with van der Waals surface area (Å²) in [4.78, 5) is 29.2. The van der Waals surface area contributed by atoms with Gasteiger partial charge in [0.15, 0.2) is 0 Å². The Bertz CT molecular complexity index is 552. The first-order valence-electron chi connectivity index (χ1n) is 10.5. The molecule has 4 heteroatoms. The van der Waals surface area contributed by atoms with Crippen LogP contribution in [-0.2, 0) is 9.59 Å². The van der Waals surface area contributed by atoms with Crippen molar-refractivity contribution in [1.29, 1.82) is 0 Å². The zero-order chi connectivity index (χ0) is 17.2. The number of allylic oxidation sites excluding steroid dienone is 1. The molecule has 2 amide bonds. The number of likely N-dealkylation sites (tertiary alicyclic amines) is 2. The highest BCUT2D eigenvalue weighted by molar-refractivity contribution is 5.78. The van der Waals surface area contributed by atoms with Gasteiger partial charge in [0.05, 0.1) is 0 Å². The molecule has 0 radical (unpaired) electrons. The van der Waals surface area contributed by atoms with Crippen LogP contribution in [0.3, 0.4) is 0 Å². The van der Waals surface area contributed by atoms with E-state index in [0.717, 1.165) is 45.3 Å². The van der Waals surface area contributed by atoms with Crippen molar-refractivity contribution in [3.8, 4) is 0 Å². The predicted molar refractivity (Wildman–Crippen MR) is 97.9 cm³/mol. The van der Waals surface area contributed by atoms with Crippen molar-refractivity contribution in [3.63, 3.8) is 0 Å². The molecular formula is C21H32N2O2. The molecule has 138 valence electrons. The van der Waals surface area contributed by atoms with E-state index in [4.69, 9.17) is 0 Å². The normalized spacial score (nSPS) is 30.1. The third kappa shape index (κ3) is 4.09. The molecule has 2 saturated heterocycles. The van der Waals surface area contributed by atoms with Crippen LogP contribution in [0.4, 0.5) is 0 Å². The number of piperidine rings is 2. The zero-order valence-corrected chi connectivity index (χ0v) is 15.4. The smallest absolute Gasteiger partial charge is 0.222 e. The summed E-state index contributed by atoms with van der Waals surface area (Å²) in [5.74, 6) is 1.86. The molecule has 2 heterocycles. The van der Waals surface area contributed by atoms with Gasteiger partial charge in [-0.05, 0) is 69.6 Å². The Kier molecular flexibility index (Phi) is 5.14. The number of nitrogens with zero attached hydrogens (tertiary/aromatic N) is 2. The van der Waals surface area contributed by atoms with Gasteiger partial charge in [-0.1, -0.05) is 11.6 Å². The van der Waals surface area contributed by atoms with Crippen LogP contribution < -0.4 is 0 Å². The van der Waals surface area contributed by atoms with Crippen LogP contribution in [0.2, 0.25) is 0 Å². The summed E-state index contributed by atoms with van der Waals surface area (Å²) in [7, 11) is 0. The molecule has 0 bridgehead atoms. The van der Waals surface area contributed by atoms with E-state index in [2.05, 4.69) is 15.9 Å². The van der Waals surface area contributed by atoms with Gasteiger partial charge in [0, 0.05) is 38.5 Å². The largest absolute Gasteiger partial charge is 0.342 e. The summed E-state index contributed by atoms with van der Waals surface area (Å²) < 4.78 is 0. The van der Waals surface area contributed by atoms with Gasteiger partial charge >= 0.3 is 0 Å². The highest BCUT2D eigenvalue weighted by atomic mass is 16.2. The Hall–Kier alpha value is -1.32. The molecule has 0 aromatic carbocycles. The van der Waals surface area contributed by atoms with E-state index in [-0.39, 0.29) is 0 Å². The molecule has 0 aromatic heterocycles. The van der Waals surface area contributed by atoms with Crippen LogP contribution in [0.25, 0.3) is 0 Å². The lowest BCUT2D eigenvalue weighted by atomic mass is 9.83. The molecule has 3 fully saturated rings. The van der Waals surface area contributed by atoms with Gasteiger partial charge in [0.25, 0.3) is 0 Å². The zero-order valence-electron chi connectivity index (χ0n) is 15.4. The number of amides is 2. The van der Waals surface area contributed by atoms with Crippen molar-refractivity contribution in [2.45, 2.75) is 76.7 Å². The molecule has 1 saturated carbocycles. The van der Waals surface area contributed by atoms with E-state index in [1.165, 1.54) is 38.5 Å². The Labute approximate surface area is 151 Å². The quantitative estimate of drug-likeness (QED) is 0.716. The minimum atomic E-state index is 0.343. The monoisotopic (exact) mass is 344 g/mol. The summed E-state index contributed by atoms with van der Waals surface area (Å²) >= 11 is 0. The molecule has 4 aliphatic rings. The molecule has 4 nitrogen and oxygen atoms in total. The first-order chi connectivity index (χ1) is 12.2. The Morgan fingerprint density at radius 3 is 2.76 bits per heavy atom. The van der Waals surface area contributed by atoms with Gasteiger partial charge in [-0.3, -0.25) is 9.59 Å². The van der Waals surface area contributed by atoms with E-state index < -0.39 is 0 Å². The van der Waals surface area contributed by atoms with Gasteiger partial charge in [0.2, 0.25) is 11.8 Å². The standard InChI is InChI=1S/C21H32N2O2/c24-20-9-8-18-15-22(21(25)14-17-6-7-17)12-11-19(18)23(20)13-10-16-4-2-1-3-5-16/h4,17-19H,1-3,5-15H2/t18-,19+/m1/s1. The van der Waals surface area contributed by atoms with Crippen LogP contribution in [0.1, 0.15) is 70.6 Å². The van der Waals surface area contributed by atoms with E-state index >= 15 is 0 Å². The van der Waals surface area contributed by atoms with Crippen molar-refractivity contribution >= 4 is 11.8 Å². The molecule has 0 spiro atoms. The minimum absolute atomic E-state index is 0.343. The second-order valence-corrected chi connectivity index (χ2v) is 8.59. The summed E-state index contributed by atoms with van der Waals surface area (Å²) in [6, 6.07) is 0.371. The van der Waals surface area contributed by atoms with Crippen LogP contribution >= 0.6 is 0 Å². The molecule has 25 heavy (non-hydrogen) atoms. The minimum Gasteiger partial charge on any atom is -0.342 e. The number of rotatable bonds is 5. The lowest BCUT2D eigenvalue weighted by Crippen LogP contribution is -2.57.